The van der Waals surface area contributed by atoms with Gasteiger partial charge in [-0.1, -0.05) is 22.0 Å². The lowest BCUT2D eigenvalue weighted by molar-refractivity contribution is 0.0955. The Balaban J connectivity index is 2.07. The van der Waals surface area contributed by atoms with Crippen LogP contribution in [0, 0.1) is 0 Å². The fourth-order valence-electron chi connectivity index (χ4n) is 1.39. The number of nitrogens with one attached hydrogen (secondary N) is 1. The minimum atomic E-state index is -0.226. The number of thiophene rings is 1. The number of hydrogen-bond acceptors (Lipinski definition) is 3. The van der Waals surface area contributed by atoms with Crippen molar-refractivity contribution in [3.05, 3.63) is 55.1 Å². The molecule has 1 amide bonds. The molecule has 0 aliphatic heterocycles. The van der Waals surface area contributed by atoms with Crippen LogP contribution in [0.25, 0.3) is 0 Å². The van der Waals surface area contributed by atoms with Gasteiger partial charge in [-0.3, -0.25) is 4.79 Å². The van der Waals surface area contributed by atoms with Gasteiger partial charge in [-0.25, -0.2) is 5.43 Å². The molecule has 3 nitrogen and oxygen atoms in total. The van der Waals surface area contributed by atoms with Crippen molar-refractivity contribution in [3.8, 4) is 0 Å². The zero-order chi connectivity index (χ0) is 13.8. The topological polar surface area (TPSA) is 41.5 Å². The first kappa shape index (κ1) is 14.4. The molecule has 0 fully saturated rings. The van der Waals surface area contributed by atoms with E-state index in [-0.39, 0.29) is 5.91 Å². The van der Waals surface area contributed by atoms with Gasteiger partial charge < -0.3 is 0 Å². The molecule has 2 aromatic rings. The van der Waals surface area contributed by atoms with E-state index < -0.39 is 0 Å². The average Bonchev–Trinajstić information content (AvgIpc) is 2.82. The molecule has 1 N–H and O–H groups in total. The SMILES string of the molecule is CC(=NNC(=O)c1cccc(Br)c1)c1ccc(Br)s1. The Morgan fingerprint density at radius 3 is 2.68 bits per heavy atom. The molecule has 98 valence electrons. The first-order chi connectivity index (χ1) is 9.06. The summed E-state index contributed by atoms with van der Waals surface area (Å²) in [5.74, 6) is -0.226. The molecule has 0 spiro atoms. The van der Waals surface area contributed by atoms with E-state index in [1.807, 2.05) is 31.2 Å². The van der Waals surface area contributed by atoms with E-state index in [1.54, 1.807) is 23.5 Å². The van der Waals surface area contributed by atoms with Crippen molar-refractivity contribution < 1.29 is 4.79 Å². The summed E-state index contributed by atoms with van der Waals surface area (Å²) < 4.78 is 1.90. The third-order valence-corrected chi connectivity index (χ3v) is 4.57. The molecule has 0 unspecified atom stereocenters. The molecule has 6 heteroatoms. The van der Waals surface area contributed by atoms with Gasteiger partial charge in [0.1, 0.15) is 0 Å². The highest BCUT2D eigenvalue weighted by Gasteiger charge is 2.06. The van der Waals surface area contributed by atoms with E-state index in [2.05, 4.69) is 42.4 Å². The smallest absolute Gasteiger partial charge is 0.267 e. The molecule has 1 heterocycles. The second-order valence-electron chi connectivity index (χ2n) is 3.75. The summed E-state index contributed by atoms with van der Waals surface area (Å²) in [5.41, 5.74) is 3.90. The second kappa shape index (κ2) is 6.45. The highest BCUT2D eigenvalue weighted by molar-refractivity contribution is 9.11. The van der Waals surface area contributed by atoms with Crippen LogP contribution >= 0.6 is 43.2 Å². The van der Waals surface area contributed by atoms with Gasteiger partial charge in [-0.05, 0) is 53.2 Å². The predicted molar refractivity (Wildman–Crippen MR) is 85.8 cm³/mol. The van der Waals surface area contributed by atoms with Gasteiger partial charge in [0.25, 0.3) is 5.91 Å². The Labute approximate surface area is 132 Å². The van der Waals surface area contributed by atoms with Gasteiger partial charge in [0.15, 0.2) is 0 Å². The number of amides is 1. The zero-order valence-corrected chi connectivity index (χ0v) is 14.0. The molecule has 19 heavy (non-hydrogen) atoms. The van der Waals surface area contributed by atoms with Crippen LogP contribution < -0.4 is 5.43 Å². The zero-order valence-electron chi connectivity index (χ0n) is 9.98. The fourth-order valence-corrected chi connectivity index (χ4v) is 3.12. The monoisotopic (exact) mass is 400 g/mol. The van der Waals surface area contributed by atoms with Crippen LogP contribution in [-0.2, 0) is 0 Å². The second-order valence-corrected chi connectivity index (χ2v) is 7.13. The van der Waals surface area contributed by atoms with Crippen LogP contribution in [0.2, 0.25) is 0 Å². The average molecular weight is 402 g/mol. The van der Waals surface area contributed by atoms with Crippen molar-refractivity contribution in [2.75, 3.05) is 0 Å². The van der Waals surface area contributed by atoms with Gasteiger partial charge in [-0.2, -0.15) is 5.10 Å². The van der Waals surface area contributed by atoms with Crippen LogP contribution in [0.5, 0.6) is 0 Å². The lowest BCUT2D eigenvalue weighted by atomic mass is 10.2. The minimum Gasteiger partial charge on any atom is -0.267 e. The van der Waals surface area contributed by atoms with Gasteiger partial charge >= 0.3 is 0 Å². The van der Waals surface area contributed by atoms with Gasteiger partial charge in [0.2, 0.25) is 0 Å². The molecule has 0 bridgehead atoms. The summed E-state index contributed by atoms with van der Waals surface area (Å²) in [6.45, 7) is 1.86. The van der Waals surface area contributed by atoms with Crippen molar-refractivity contribution in [3.63, 3.8) is 0 Å². The van der Waals surface area contributed by atoms with E-state index in [9.17, 15) is 4.79 Å². The van der Waals surface area contributed by atoms with E-state index >= 15 is 0 Å². The molecule has 0 atom stereocenters. The van der Waals surface area contributed by atoms with Crippen molar-refractivity contribution in [2.45, 2.75) is 6.92 Å². The molecular weight excluding hydrogens is 392 g/mol. The molecule has 1 aromatic carbocycles. The number of carbonyl (C=O) groups is 1. The standard InChI is InChI=1S/C13H10Br2N2OS/c1-8(11-5-6-12(15)19-11)16-17-13(18)9-3-2-4-10(14)7-9/h2-7H,1H3,(H,17,18). The summed E-state index contributed by atoms with van der Waals surface area (Å²) in [4.78, 5) is 12.9. The number of carbonyl (C=O) groups excluding carboxylic acids is 1. The largest absolute Gasteiger partial charge is 0.271 e. The highest BCUT2D eigenvalue weighted by Crippen LogP contribution is 2.22. The number of hydrogen-bond donors (Lipinski definition) is 1. The maximum atomic E-state index is 11.9. The summed E-state index contributed by atoms with van der Waals surface area (Å²) in [7, 11) is 0. The maximum absolute atomic E-state index is 11.9. The van der Waals surface area contributed by atoms with Crippen LogP contribution in [0.4, 0.5) is 0 Å². The number of hydrazone groups is 1. The Hall–Kier alpha value is -0.980. The summed E-state index contributed by atoms with van der Waals surface area (Å²) >= 11 is 8.30. The van der Waals surface area contributed by atoms with Crippen molar-refractivity contribution in [2.24, 2.45) is 5.10 Å². The summed E-state index contributed by atoms with van der Waals surface area (Å²) in [5, 5.41) is 4.11. The maximum Gasteiger partial charge on any atom is 0.271 e. The number of rotatable bonds is 3. The summed E-state index contributed by atoms with van der Waals surface area (Å²) in [6.07, 6.45) is 0. The molecule has 2 rings (SSSR count). The predicted octanol–water partition coefficient (Wildman–Crippen LogP) is 4.43. The Kier molecular flexibility index (Phi) is 4.90. The molecule has 0 saturated heterocycles. The number of nitrogens with zero attached hydrogens (tertiary/aromatic N) is 1. The Bertz CT molecular complexity index is 637. The van der Waals surface area contributed by atoms with Crippen LogP contribution in [0.1, 0.15) is 22.2 Å². The fraction of sp³-hybridized carbons (Fsp3) is 0.0769. The van der Waals surface area contributed by atoms with E-state index in [4.69, 9.17) is 0 Å². The van der Waals surface area contributed by atoms with Gasteiger partial charge in [-0.15, -0.1) is 11.3 Å². The lowest BCUT2D eigenvalue weighted by Crippen LogP contribution is -2.19. The van der Waals surface area contributed by atoms with Crippen molar-refractivity contribution in [1.82, 2.24) is 5.43 Å². The van der Waals surface area contributed by atoms with Crippen LogP contribution in [0.3, 0.4) is 0 Å². The molecule has 0 radical (unpaired) electrons. The minimum absolute atomic E-state index is 0.226. The third kappa shape index (κ3) is 3.99. The third-order valence-electron chi connectivity index (χ3n) is 2.34. The van der Waals surface area contributed by atoms with E-state index in [0.717, 1.165) is 18.8 Å². The quantitative estimate of drug-likeness (QED) is 0.599. The van der Waals surface area contributed by atoms with Crippen LogP contribution in [-0.4, -0.2) is 11.6 Å². The molecule has 0 saturated carbocycles. The van der Waals surface area contributed by atoms with E-state index in [0.29, 0.717) is 5.56 Å². The first-order valence-corrected chi connectivity index (χ1v) is 7.82. The van der Waals surface area contributed by atoms with Crippen molar-refractivity contribution >= 4 is 54.8 Å². The lowest BCUT2D eigenvalue weighted by Gasteiger charge is -2.01. The molecule has 0 aliphatic rings. The normalized spacial score (nSPS) is 11.4. The first-order valence-electron chi connectivity index (χ1n) is 5.42. The van der Waals surface area contributed by atoms with E-state index in [1.165, 1.54) is 0 Å². The molecule has 1 aromatic heterocycles. The summed E-state index contributed by atoms with van der Waals surface area (Å²) in [6, 6.07) is 11.1. The Morgan fingerprint density at radius 2 is 2.05 bits per heavy atom. The van der Waals surface area contributed by atoms with Gasteiger partial charge in [0, 0.05) is 10.0 Å². The number of benzene rings is 1. The number of halogens is 2. The highest BCUT2D eigenvalue weighted by atomic mass is 79.9. The molecular formula is C13H10Br2N2OS. The van der Waals surface area contributed by atoms with Crippen molar-refractivity contribution in [1.29, 1.82) is 0 Å². The van der Waals surface area contributed by atoms with Crippen LogP contribution in [0.15, 0.2) is 49.8 Å². The molecule has 0 aliphatic carbocycles. The van der Waals surface area contributed by atoms with Gasteiger partial charge in [0.05, 0.1) is 14.4 Å². The Morgan fingerprint density at radius 1 is 1.26 bits per heavy atom.